The normalized spacial score (nSPS) is 24.9. The van der Waals surface area contributed by atoms with Crippen LogP contribution in [0.2, 0.25) is 0 Å². The Balaban J connectivity index is 1.83. The van der Waals surface area contributed by atoms with E-state index in [9.17, 15) is 9.50 Å². The van der Waals surface area contributed by atoms with Crippen molar-refractivity contribution in [3.8, 4) is 0 Å². The fourth-order valence-electron chi connectivity index (χ4n) is 3.21. The van der Waals surface area contributed by atoms with Gasteiger partial charge in [-0.15, -0.1) is 0 Å². The van der Waals surface area contributed by atoms with Crippen molar-refractivity contribution < 1.29 is 9.50 Å². The van der Waals surface area contributed by atoms with Gasteiger partial charge in [0.15, 0.2) is 0 Å². The second kappa shape index (κ2) is 7.19. The van der Waals surface area contributed by atoms with E-state index >= 15 is 0 Å². The van der Waals surface area contributed by atoms with Crippen molar-refractivity contribution in [1.29, 1.82) is 0 Å². The largest absolute Gasteiger partial charge is 0.388 e. The zero-order valence-corrected chi connectivity index (χ0v) is 12.6. The van der Waals surface area contributed by atoms with Gasteiger partial charge in [0.1, 0.15) is 5.82 Å². The summed E-state index contributed by atoms with van der Waals surface area (Å²) in [5, 5.41) is 10.1. The molecule has 20 heavy (non-hydrogen) atoms. The highest BCUT2D eigenvalue weighted by Crippen LogP contribution is 2.27. The molecule has 0 bridgehead atoms. The van der Waals surface area contributed by atoms with Gasteiger partial charge in [0.05, 0.1) is 6.10 Å². The van der Waals surface area contributed by atoms with Gasteiger partial charge in [-0.2, -0.15) is 0 Å². The van der Waals surface area contributed by atoms with E-state index < -0.39 is 6.10 Å². The summed E-state index contributed by atoms with van der Waals surface area (Å²) in [7, 11) is 2.12. The lowest BCUT2D eigenvalue weighted by Gasteiger charge is -2.34. The molecule has 2 rings (SSSR count). The minimum absolute atomic E-state index is 0.311. The first-order valence-electron chi connectivity index (χ1n) is 7.70. The number of rotatable bonds is 5. The predicted molar refractivity (Wildman–Crippen MR) is 80.0 cm³/mol. The van der Waals surface area contributed by atoms with Crippen molar-refractivity contribution >= 4 is 0 Å². The molecule has 1 aliphatic carbocycles. The third kappa shape index (κ3) is 4.03. The third-order valence-electron chi connectivity index (χ3n) is 4.55. The molecule has 0 spiro atoms. The van der Waals surface area contributed by atoms with Crippen LogP contribution in [0.15, 0.2) is 24.3 Å². The van der Waals surface area contributed by atoms with Crippen molar-refractivity contribution in [3.05, 3.63) is 35.6 Å². The van der Waals surface area contributed by atoms with Crippen molar-refractivity contribution in [3.63, 3.8) is 0 Å². The van der Waals surface area contributed by atoms with Crippen LogP contribution < -0.4 is 0 Å². The molecule has 112 valence electrons. The molecule has 1 aliphatic rings. The van der Waals surface area contributed by atoms with Gasteiger partial charge in [-0.1, -0.05) is 38.0 Å². The average Bonchev–Trinajstić information content (AvgIpc) is 2.45. The van der Waals surface area contributed by atoms with Crippen LogP contribution in [0.1, 0.15) is 50.7 Å². The first-order valence-corrected chi connectivity index (χ1v) is 7.70. The van der Waals surface area contributed by atoms with Crippen LogP contribution in [0, 0.1) is 11.7 Å². The molecule has 3 heteroatoms. The van der Waals surface area contributed by atoms with Gasteiger partial charge in [-0.05, 0) is 38.3 Å². The molecular weight excluding hydrogens is 253 g/mol. The molecular formula is C17H26FNO. The van der Waals surface area contributed by atoms with Crippen LogP contribution in [-0.2, 0) is 0 Å². The van der Waals surface area contributed by atoms with E-state index in [2.05, 4.69) is 18.9 Å². The van der Waals surface area contributed by atoms with Crippen LogP contribution in [0.5, 0.6) is 0 Å². The Labute approximate surface area is 121 Å². The fourth-order valence-corrected chi connectivity index (χ4v) is 3.21. The Kier molecular flexibility index (Phi) is 5.55. The lowest BCUT2D eigenvalue weighted by Crippen LogP contribution is -2.36. The zero-order valence-electron chi connectivity index (χ0n) is 12.6. The number of hydrogen-bond acceptors (Lipinski definition) is 2. The second-order valence-corrected chi connectivity index (χ2v) is 6.23. The fraction of sp³-hybridized carbons (Fsp3) is 0.647. The molecule has 0 saturated heterocycles. The summed E-state index contributed by atoms with van der Waals surface area (Å²) < 4.78 is 13.6. The topological polar surface area (TPSA) is 23.5 Å². The minimum atomic E-state index is -0.709. The van der Waals surface area contributed by atoms with Gasteiger partial charge in [0.2, 0.25) is 0 Å². The summed E-state index contributed by atoms with van der Waals surface area (Å²) in [6, 6.07) is 7.12. The average molecular weight is 279 g/mol. The quantitative estimate of drug-likeness (QED) is 0.887. The van der Waals surface area contributed by atoms with Gasteiger partial charge < -0.3 is 10.0 Å². The first-order chi connectivity index (χ1) is 9.58. The number of hydrogen-bond donors (Lipinski definition) is 1. The summed E-state index contributed by atoms with van der Waals surface area (Å²) in [5.41, 5.74) is 0.415. The number of aliphatic hydroxyl groups excluding tert-OH is 1. The molecule has 0 heterocycles. The Morgan fingerprint density at radius 1 is 1.35 bits per heavy atom. The molecule has 1 N–H and O–H groups in total. The van der Waals surface area contributed by atoms with E-state index in [4.69, 9.17) is 0 Å². The van der Waals surface area contributed by atoms with Crippen LogP contribution >= 0.6 is 0 Å². The standard InChI is InChI=1S/C17H26FNO/c1-13-6-5-7-14(12-13)19(2)11-10-17(20)15-8-3-4-9-16(15)18/h3-4,8-9,13-14,17,20H,5-7,10-12H2,1-2H3. The molecule has 1 saturated carbocycles. The molecule has 2 nitrogen and oxygen atoms in total. The maximum atomic E-state index is 13.6. The molecule has 1 aromatic rings. The Morgan fingerprint density at radius 3 is 2.80 bits per heavy atom. The lowest BCUT2D eigenvalue weighted by atomic mass is 9.86. The molecule has 1 aromatic carbocycles. The van der Waals surface area contributed by atoms with Crippen LogP contribution in [0.3, 0.4) is 0 Å². The van der Waals surface area contributed by atoms with Gasteiger partial charge >= 0.3 is 0 Å². The molecule has 1 fully saturated rings. The Bertz CT molecular complexity index is 423. The maximum Gasteiger partial charge on any atom is 0.128 e. The smallest absolute Gasteiger partial charge is 0.128 e. The van der Waals surface area contributed by atoms with Crippen LogP contribution in [-0.4, -0.2) is 29.6 Å². The van der Waals surface area contributed by atoms with E-state index in [0.29, 0.717) is 18.0 Å². The molecule has 0 radical (unpaired) electrons. The monoisotopic (exact) mass is 279 g/mol. The highest BCUT2D eigenvalue weighted by Gasteiger charge is 2.23. The molecule has 3 unspecified atom stereocenters. The van der Waals surface area contributed by atoms with Gasteiger partial charge in [-0.3, -0.25) is 0 Å². The lowest BCUT2D eigenvalue weighted by molar-refractivity contribution is 0.114. The predicted octanol–water partition coefficient (Wildman–Crippen LogP) is 3.76. The SMILES string of the molecule is CC1CCCC(N(C)CCC(O)c2ccccc2F)C1. The summed E-state index contributed by atoms with van der Waals surface area (Å²) in [4.78, 5) is 2.33. The van der Waals surface area contributed by atoms with Gasteiger partial charge in [0, 0.05) is 18.2 Å². The van der Waals surface area contributed by atoms with E-state index in [1.54, 1.807) is 18.2 Å². The first kappa shape index (κ1) is 15.5. The Hall–Kier alpha value is -0.930. The van der Waals surface area contributed by atoms with Crippen LogP contribution in [0.25, 0.3) is 0 Å². The highest BCUT2D eigenvalue weighted by molar-refractivity contribution is 5.19. The summed E-state index contributed by atoms with van der Waals surface area (Å²) >= 11 is 0. The van der Waals surface area contributed by atoms with Crippen molar-refractivity contribution in [1.82, 2.24) is 4.90 Å². The number of nitrogens with zero attached hydrogens (tertiary/aromatic N) is 1. The van der Waals surface area contributed by atoms with E-state index in [1.165, 1.54) is 31.7 Å². The van der Waals surface area contributed by atoms with Gasteiger partial charge in [-0.25, -0.2) is 4.39 Å². The minimum Gasteiger partial charge on any atom is -0.388 e. The van der Waals surface area contributed by atoms with Crippen molar-refractivity contribution in [2.24, 2.45) is 5.92 Å². The second-order valence-electron chi connectivity index (χ2n) is 6.23. The summed E-state index contributed by atoms with van der Waals surface area (Å²) in [5.74, 6) is 0.488. The number of aliphatic hydroxyl groups is 1. The van der Waals surface area contributed by atoms with E-state index in [0.717, 1.165) is 12.5 Å². The third-order valence-corrected chi connectivity index (χ3v) is 4.55. The molecule has 0 aromatic heterocycles. The summed E-state index contributed by atoms with van der Waals surface area (Å²) in [6.45, 7) is 3.13. The van der Waals surface area contributed by atoms with Gasteiger partial charge in [0.25, 0.3) is 0 Å². The number of benzene rings is 1. The molecule has 0 amide bonds. The van der Waals surface area contributed by atoms with Crippen molar-refractivity contribution in [2.45, 2.75) is 51.2 Å². The maximum absolute atomic E-state index is 13.6. The van der Waals surface area contributed by atoms with Crippen LogP contribution in [0.4, 0.5) is 4.39 Å². The zero-order chi connectivity index (χ0) is 14.5. The van der Waals surface area contributed by atoms with Crippen molar-refractivity contribution in [2.75, 3.05) is 13.6 Å². The summed E-state index contributed by atoms with van der Waals surface area (Å²) in [6.07, 6.45) is 5.00. The Morgan fingerprint density at radius 2 is 2.10 bits per heavy atom. The molecule has 0 aliphatic heterocycles. The molecule has 3 atom stereocenters. The van der Waals surface area contributed by atoms with E-state index in [1.807, 2.05) is 0 Å². The highest BCUT2D eigenvalue weighted by atomic mass is 19.1. The number of halogens is 1. The van der Waals surface area contributed by atoms with E-state index in [-0.39, 0.29) is 5.82 Å².